The van der Waals surface area contributed by atoms with Crippen molar-refractivity contribution in [2.45, 2.75) is 13.0 Å². The van der Waals surface area contributed by atoms with Gasteiger partial charge in [-0.1, -0.05) is 18.2 Å². The largest absolute Gasteiger partial charge is 0.375 e. The first-order chi connectivity index (χ1) is 9.63. The van der Waals surface area contributed by atoms with E-state index in [1.165, 1.54) is 16.2 Å². The molecule has 4 heteroatoms. The molecule has 0 amide bonds. The van der Waals surface area contributed by atoms with Crippen LogP contribution < -0.4 is 5.32 Å². The topological polar surface area (TPSA) is 12.0 Å². The molecule has 0 aliphatic heterocycles. The van der Waals surface area contributed by atoms with E-state index < -0.39 is 11.6 Å². The third-order valence-electron chi connectivity index (χ3n) is 3.17. The second-order valence-corrected chi connectivity index (χ2v) is 5.79. The summed E-state index contributed by atoms with van der Waals surface area (Å²) in [6.07, 6.45) is 0. The molecule has 0 fully saturated rings. The lowest BCUT2D eigenvalue weighted by Crippen LogP contribution is -2.06. The molecule has 0 aliphatic rings. The maximum Gasteiger partial charge on any atom is 0.146 e. The van der Waals surface area contributed by atoms with Crippen LogP contribution in [-0.2, 0) is 0 Å². The fraction of sp³-hybridized carbons (Fsp3) is 0.125. The van der Waals surface area contributed by atoms with E-state index in [0.717, 1.165) is 17.0 Å². The van der Waals surface area contributed by atoms with Crippen molar-refractivity contribution >= 4 is 27.1 Å². The number of hydrogen-bond acceptors (Lipinski definition) is 2. The summed E-state index contributed by atoms with van der Waals surface area (Å²) < 4.78 is 28.0. The van der Waals surface area contributed by atoms with Crippen LogP contribution in [0.15, 0.2) is 48.5 Å². The predicted molar refractivity (Wildman–Crippen MR) is 80.2 cm³/mol. The molecule has 0 saturated heterocycles. The molecule has 0 radical (unpaired) electrons. The van der Waals surface area contributed by atoms with Crippen LogP contribution in [0.3, 0.4) is 0 Å². The second-order valence-electron chi connectivity index (χ2n) is 4.68. The lowest BCUT2D eigenvalue weighted by molar-refractivity contribution is 0.600. The van der Waals surface area contributed by atoms with Crippen LogP contribution in [0.25, 0.3) is 10.1 Å². The van der Waals surface area contributed by atoms with Gasteiger partial charge in [-0.25, -0.2) is 8.78 Å². The Morgan fingerprint density at radius 2 is 1.85 bits per heavy atom. The van der Waals surface area contributed by atoms with Gasteiger partial charge in [0.15, 0.2) is 0 Å². The zero-order chi connectivity index (χ0) is 14.1. The van der Waals surface area contributed by atoms with Crippen LogP contribution in [0.4, 0.5) is 14.5 Å². The van der Waals surface area contributed by atoms with E-state index in [1.807, 2.05) is 25.1 Å². The number of halogens is 2. The van der Waals surface area contributed by atoms with Gasteiger partial charge in [0.05, 0.1) is 11.7 Å². The molecule has 1 aromatic heterocycles. The van der Waals surface area contributed by atoms with Crippen molar-refractivity contribution in [3.63, 3.8) is 0 Å². The fourth-order valence-corrected chi connectivity index (χ4v) is 3.20. The zero-order valence-corrected chi connectivity index (χ0v) is 11.7. The van der Waals surface area contributed by atoms with Crippen LogP contribution in [0.5, 0.6) is 0 Å². The molecular weight excluding hydrogens is 276 g/mol. The van der Waals surface area contributed by atoms with Crippen molar-refractivity contribution in [2.75, 3.05) is 5.32 Å². The molecule has 3 aromatic rings. The predicted octanol–water partition coefficient (Wildman–Crippen LogP) is 5.35. The van der Waals surface area contributed by atoms with Crippen molar-refractivity contribution in [3.05, 3.63) is 65.0 Å². The average Bonchev–Trinajstić information content (AvgIpc) is 2.87. The summed E-state index contributed by atoms with van der Waals surface area (Å²) in [6.45, 7) is 1.94. The molecule has 20 heavy (non-hydrogen) atoms. The number of benzene rings is 2. The zero-order valence-electron chi connectivity index (χ0n) is 10.9. The smallest absolute Gasteiger partial charge is 0.146 e. The minimum atomic E-state index is -0.447. The van der Waals surface area contributed by atoms with Crippen LogP contribution in [0, 0.1) is 11.6 Å². The minimum Gasteiger partial charge on any atom is -0.375 e. The lowest BCUT2D eigenvalue weighted by atomic mass is 10.2. The Morgan fingerprint density at radius 3 is 2.65 bits per heavy atom. The quantitative estimate of drug-likeness (QED) is 0.685. The normalized spacial score (nSPS) is 12.6. The first-order valence-corrected chi connectivity index (χ1v) is 7.15. The van der Waals surface area contributed by atoms with Gasteiger partial charge in [0.25, 0.3) is 0 Å². The molecule has 3 rings (SSSR count). The van der Waals surface area contributed by atoms with Gasteiger partial charge < -0.3 is 5.32 Å². The van der Waals surface area contributed by atoms with Crippen molar-refractivity contribution in [1.82, 2.24) is 0 Å². The Labute approximate surface area is 119 Å². The third-order valence-corrected chi connectivity index (χ3v) is 4.47. The number of thiophene rings is 1. The van der Waals surface area contributed by atoms with E-state index in [-0.39, 0.29) is 11.7 Å². The number of fused-ring (bicyclic) bond motifs is 1. The molecular formula is C16H13F2NS. The SMILES string of the molecule is CC(Nc1cc(F)ccc1F)c1cc2ccccc2s1. The molecule has 2 aromatic carbocycles. The van der Waals surface area contributed by atoms with Crippen molar-refractivity contribution < 1.29 is 8.78 Å². The highest BCUT2D eigenvalue weighted by Gasteiger charge is 2.12. The van der Waals surface area contributed by atoms with Gasteiger partial charge in [-0.05, 0) is 42.6 Å². The molecule has 0 aliphatic carbocycles. The molecule has 102 valence electrons. The van der Waals surface area contributed by atoms with Gasteiger partial charge in [-0.2, -0.15) is 0 Å². The van der Waals surface area contributed by atoms with E-state index in [9.17, 15) is 8.78 Å². The highest BCUT2D eigenvalue weighted by molar-refractivity contribution is 7.19. The first-order valence-electron chi connectivity index (χ1n) is 6.33. The van der Waals surface area contributed by atoms with Crippen molar-refractivity contribution in [2.24, 2.45) is 0 Å². The maximum absolute atomic E-state index is 13.6. The summed E-state index contributed by atoms with van der Waals surface area (Å²) in [5, 5.41) is 4.19. The number of anilines is 1. The number of rotatable bonds is 3. The molecule has 1 unspecified atom stereocenters. The number of hydrogen-bond donors (Lipinski definition) is 1. The molecule has 0 spiro atoms. The highest BCUT2D eigenvalue weighted by Crippen LogP contribution is 2.31. The van der Waals surface area contributed by atoms with Gasteiger partial charge in [0.2, 0.25) is 0 Å². The summed E-state index contributed by atoms with van der Waals surface area (Å²) in [4.78, 5) is 1.09. The molecule has 0 bridgehead atoms. The number of nitrogens with one attached hydrogen (secondary N) is 1. The Hall–Kier alpha value is -1.94. The first kappa shape index (κ1) is 13.1. The van der Waals surface area contributed by atoms with E-state index in [2.05, 4.69) is 17.4 Å². The van der Waals surface area contributed by atoms with Crippen molar-refractivity contribution in [3.8, 4) is 0 Å². The van der Waals surface area contributed by atoms with Gasteiger partial charge in [-0.3, -0.25) is 0 Å². The van der Waals surface area contributed by atoms with Gasteiger partial charge >= 0.3 is 0 Å². The lowest BCUT2D eigenvalue weighted by Gasteiger charge is -2.14. The molecule has 1 heterocycles. The Kier molecular flexibility index (Phi) is 3.40. The molecule has 0 saturated carbocycles. The van der Waals surface area contributed by atoms with E-state index in [0.29, 0.717) is 0 Å². The maximum atomic E-state index is 13.6. The molecule has 1 nitrogen and oxygen atoms in total. The highest BCUT2D eigenvalue weighted by atomic mass is 32.1. The van der Waals surface area contributed by atoms with Crippen LogP contribution >= 0.6 is 11.3 Å². The summed E-state index contributed by atoms with van der Waals surface area (Å²) >= 11 is 1.66. The minimum absolute atomic E-state index is 0.0799. The fourth-order valence-electron chi connectivity index (χ4n) is 2.13. The summed E-state index contributed by atoms with van der Waals surface area (Å²) in [7, 11) is 0. The Bertz CT molecular complexity index is 718. The van der Waals surface area contributed by atoms with E-state index in [4.69, 9.17) is 0 Å². The molecule has 1 N–H and O–H groups in total. The average molecular weight is 289 g/mol. The van der Waals surface area contributed by atoms with Gasteiger partial charge in [0, 0.05) is 9.58 Å². The second kappa shape index (κ2) is 5.21. The van der Waals surface area contributed by atoms with Gasteiger partial charge in [-0.15, -0.1) is 11.3 Å². The van der Waals surface area contributed by atoms with E-state index in [1.54, 1.807) is 11.3 Å². The van der Waals surface area contributed by atoms with Gasteiger partial charge in [0.1, 0.15) is 11.6 Å². The Balaban J connectivity index is 1.88. The Morgan fingerprint density at radius 1 is 1.05 bits per heavy atom. The monoisotopic (exact) mass is 289 g/mol. The van der Waals surface area contributed by atoms with Crippen molar-refractivity contribution in [1.29, 1.82) is 0 Å². The van der Waals surface area contributed by atoms with Crippen LogP contribution in [0.1, 0.15) is 17.8 Å². The van der Waals surface area contributed by atoms with Crippen LogP contribution in [-0.4, -0.2) is 0 Å². The summed E-state index contributed by atoms with van der Waals surface area (Å²) in [6, 6.07) is 13.5. The summed E-state index contributed by atoms with van der Waals surface area (Å²) in [5.74, 6) is -0.892. The molecule has 1 atom stereocenters. The third kappa shape index (κ3) is 2.51. The summed E-state index contributed by atoms with van der Waals surface area (Å²) in [5.41, 5.74) is 0.190. The van der Waals surface area contributed by atoms with Crippen LogP contribution in [0.2, 0.25) is 0 Å². The van der Waals surface area contributed by atoms with E-state index >= 15 is 0 Å². The standard InChI is InChI=1S/C16H13F2NS/c1-10(19-14-9-12(17)6-7-13(14)18)16-8-11-4-2-3-5-15(11)20-16/h2-10,19H,1H3.